The number of ether oxygens (including phenoxy) is 1. The highest BCUT2D eigenvalue weighted by atomic mass is 19.1. The summed E-state index contributed by atoms with van der Waals surface area (Å²) < 4.78 is 22.8. The molecule has 0 unspecified atom stereocenters. The van der Waals surface area contributed by atoms with Crippen molar-refractivity contribution in [1.82, 2.24) is 24.9 Å². The summed E-state index contributed by atoms with van der Waals surface area (Å²) in [6, 6.07) is 8.38. The zero-order valence-electron chi connectivity index (χ0n) is 15.9. The first-order valence-electron chi connectivity index (χ1n) is 8.94. The summed E-state index contributed by atoms with van der Waals surface area (Å²) in [4.78, 5) is 26.6. The highest BCUT2D eigenvalue weighted by Crippen LogP contribution is 2.29. The molecule has 3 heterocycles. The second-order valence-electron chi connectivity index (χ2n) is 6.70. The van der Waals surface area contributed by atoms with Crippen LogP contribution in [0.1, 0.15) is 16.1 Å². The first kappa shape index (κ1) is 18.7. The fourth-order valence-electron chi connectivity index (χ4n) is 3.13. The fraction of sp³-hybridized carbons (Fsp3) is 0.263. The van der Waals surface area contributed by atoms with E-state index in [-0.39, 0.29) is 12.3 Å². The Balaban J connectivity index is 1.49. The number of rotatable bonds is 4. The molecule has 0 spiro atoms. The minimum Gasteiger partial charge on any atom is -0.474 e. The van der Waals surface area contributed by atoms with Crippen LogP contribution in [0.15, 0.2) is 42.7 Å². The molecule has 1 aromatic carbocycles. The predicted molar refractivity (Wildman–Crippen MR) is 101 cm³/mol. The van der Waals surface area contributed by atoms with Gasteiger partial charge in [0, 0.05) is 14.1 Å². The number of amides is 2. The fourth-order valence-corrected chi connectivity index (χ4v) is 3.13. The average molecular weight is 398 g/mol. The number of nitrogens with zero attached hydrogens (tertiary/aromatic N) is 5. The van der Waals surface area contributed by atoms with Crippen molar-refractivity contribution >= 4 is 17.5 Å². The molecule has 150 valence electrons. The van der Waals surface area contributed by atoms with Crippen LogP contribution in [-0.2, 0) is 18.4 Å². The third kappa shape index (κ3) is 3.56. The molecule has 0 bridgehead atoms. The lowest BCUT2D eigenvalue weighted by Crippen LogP contribution is -2.49. The van der Waals surface area contributed by atoms with Crippen LogP contribution in [0.4, 0.5) is 10.1 Å². The Kier molecular flexibility index (Phi) is 4.75. The maximum absolute atomic E-state index is 14.3. The summed E-state index contributed by atoms with van der Waals surface area (Å²) in [5.74, 6) is -1.53. The lowest BCUT2D eigenvalue weighted by Gasteiger charge is -2.19. The van der Waals surface area contributed by atoms with E-state index in [4.69, 9.17) is 4.74 Å². The monoisotopic (exact) mass is 398 g/mol. The maximum atomic E-state index is 14.3. The number of likely N-dealkylation sites (N-methyl/N-ethyl adjacent to an activating group) is 1. The van der Waals surface area contributed by atoms with E-state index in [9.17, 15) is 14.0 Å². The number of benzene rings is 1. The van der Waals surface area contributed by atoms with Crippen LogP contribution >= 0.6 is 0 Å². The Morgan fingerprint density at radius 1 is 1.31 bits per heavy atom. The molecule has 1 aliphatic heterocycles. The van der Waals surface area contributed by atoms with Gasteiger partial charge in [0.2, 0.25) is 5.88 Å². The van der Waals surface area contributed by atoms with Gasteiger partial charge in [0.1, 0.15) is 18.3 Å². The number of halogens is 1. The number of aryl methyl sites for hydroxylation is 1. The molecule has 29 heavy (non-hydrogen) atoms. The van der Waals surface area contributed by atoms with E-state index in [1.165, 1.54) is 20.5 Å². The molecular formula is C19H19FN6O3. The van der Waals surface area contributed by atoms with Crippen molar-refractivity contribution in [3.63, 3.8) is 0 Å². The third-order valence-electron chi connectivity index (χ3n) is 4.67. The van der Waals surface area contributed by atoms with E-state index in [0.29, 0.717) is 18.1 Å². The topological polar surface area (TPSA) is 94.3 Å². The summed E-state index contributed by atoms with van der Waals surface area (Å²) in [7, 11) is 3.25. The van der Waals surface area contributed by atoms with E-state index >= 15 is 0 Å². The second kappa shape index (κ2) is 7.38. The molecule has 1 aliphatic rings. The van der Waals surface area contributed by atoms with E-state index in [1.807, 2.05) is 30.3 Å². The van der Waals surface area contributed by atoms with Crippen LogP contribution in [0.25, 0.3) is 0 Å². The molecule has 1 N–H and O–H groups in total. The van der Waals surface area contributed by atoms with Crippen LogP contribution in [0.3, 0.4) is 0 Å². The number of nitrogens with one attached hydrogen (secondary N) is 1. The molecule has 1 atom stereocenters. The smallest absolute Gasteiger partial charge is 0.275 e. The average Bonchev–Trinajstić information content (AvgIpc) is 3.23. The van der Waals surface area contributed by atoms with E-state index in [0.717, 1.165) is 11.8 Å². The molecule has 3 aromatic rings. The van der Waals surface area contributed by atoms with Crippen LogP contribution in [-0.4, -0.2) is 51.1 Å². The Hall–Kier alpha value is -3.69. The van der Waals surface area contributed by atoms with Gasteiger partial charge in [0.05, 0.1) is 18.9 Å². The van der Waals surface area contributed by atoms with Crippen LogP contribution in [0, 0.1) is 5.82 Å². The predicted octanol–water partition coefficient (Wildman–Crippen LogP) is 0.958. The van der Waals surface area contributed by atoms with Gasteiger partial charge in [-0.05, 0) is 5.56 Å². The van der Waals surface area contributed by atoms with Crippen molar-refractivity contribution < 1.29 is 18.7 Å². The highest BCUT2D eigenvalue weighted by Gasteiger charge is 2.33. The van der Waals surface area contributed by atoms with Crippen molar-refractivity contribution in [1.29, 1.82) is 0 Å². The van der Waals surface area contributed by atoms with Gasteiger partial charge in [-0.2, -0.15) is 10.2 Å². The van der Waals surface area contributed by atoms with Gasteiger partial charge in [-0.1, -0.05) is 30.3 Å². The van der Waals surface area contributed by atoms with E-state index < -0.39 is 23.7 Å². The molecule has 0 saturated carbocycles. The lowest BCUT2D eigenvalue weighted by molar-refractivity contribution is -0.120. The van der Waals surface area contributed by atoms with Gasteiger partial charge in [0.15, 0.2) is 11.5 Å². The number of hydrogen-bond donors (Lipinski definition) is 1. The number of carbonyl (C=O) groups is 2. The summed E-state index contributed by atoms with van der Waals surface area (Å²) in [6.45, 7) is 0.218. The van der Waals surface area contributed by atoms with E-state index in [2.05, 4.69) is 15.5 Å². The molecule has 10 heteroatoms. The van der Waals surface area contributed by atoms with Crippen molar-refractivity contribution in [3.05, 3.63) is 59.8 Å². The standard InChI is InChI=1S/C19H19FN6O3/c1-24-15-8-21-25(2)19(15)29-11-14(18(24)28)22-17(27)16-13(20)10-26(23-16)9-12-6-4-3-5-7-12/h3-8,10,14H,9,11H2,1-2H3,(H,22,27)/t14-/m0/s1. The maximum Gasteiger partial charge on any atom is 0.275 e. The van der Waals surface area contributed by atoms with Gasteiger partial charge >= 0.3 is 0 Å². The molecule has 9 nitrogen and oxygen atoms in total. The summed E-state index contributed by atoms with van der Waals surface area (Å²) in [6.07, 6.45) is 2.66. The summed E-state index contributed by atoms with van der Waals surface area (Å²) >= 11 is 0. The second-order valence-corrected chi connectivity index (χ2v) is 6.70. The molecule has 0 radical (unpaired) electrons. The van der Waals surface area contributed by atoms with Crippen molar-refractivity contribution in [2.24, 2.45) is 7.05 Å². The molecule has 2 amide bonds. The van der Waals surface area contributed by atoms with Gasteiger partial charge in [-0.25, -0.2) is 9.07 Å². The molecule has 0 fully saturated rings. The summed E-state index contributed by atoms with van der Waals surface area (Å²) in [5, 5.41) is 10.6. The van der Waals surface area contributed by atoms with Gasteiger partial charge < -0.3 is 15.0 Å². The minimum atomic E-state index is -0.987. The van der Waals surface area contributed by atoms with Crippen LogP contribution in [0.2, 0.25) is 0 Å². The first-order chi connectivity index (χ1) is 13.9. The molecule has 4 rings (SSSR count). The van der Waals surface area contributed by atoms with Gasteiger partial charge in [0.25, 0.3) is 11.8 Å². The zero-order chi connectivity index (χ0) is 20.5. The number of aromatic nitrogens is 4. The van der Waals surface area contributed by atoms with Crippen molar-refractivity contribution in [3.8, 4) is 5.88 Å². The van der Waals surface area contributed by atoms with Gasteiger partial charge in [-0.3, -0.25) is 14.3 Å². The Bertz CT molecular complexity index is 1060. The quantitative estimate of drug-likeness (QED) is 0.707. The third-order valence-corrected chi connectivity index (χ3v) is 4.67. The first-order valence-corrected chi connectivity index (χ1v) is 8.94. The molecular weight excluding hydrogens is 379 g/mol. The van der Waals surface area contributed by atoms with E-state index in [1.54, 1.807) is 14.1 Å². The zero-order valence-corrected chi connectivity index (χ0v) is 15.9. The summed E-state index contributed by atoms with van der Waals surface area (Å²) in [5.41, 5.74) is 1.04. The largest absolute Gasteiger partial charge is 0.474 e. The molecule has 2 aromatic heterocycles. The SMILES string of the molecule is CN1C(=O)[C@@H](NC(=O)c2nn(Cc3ccccc3)cc2F)COc2c1cnn2C. The number of fused-ring (bicyclic) bond motifs is 1. The van der Waals surface area contributed by atoms with Crippen LogP contribution < -0.4 is 15.0 Å². The normalized spacial score (nSPS) is 16.2. The highest BCUT2D eigenvalue weighted by molar-refractivity contribution is 6.02. The van der Waals surface area contributed by atoms with Crippen molar-refractivity contribution in [2.45, 2.75) is 12.6 Å². The van der Waals surface area contributed by atoms with Crippen molar-refractivity contribution in [2.75, 3.05) is 18.6 Å². The number of carbonyl (C=O) groups excluding carboxylic acids is 2. The Labute approximate surface area is 165 Å². The Morgan fingerprint density at radius 3 is 2.83 bits per heavy atom. The minimum absolute atomic E-state index is 0.103. The van der Waals surface area contributed by atoms with Crippen LogP contribution in [0.5, 0.6) is 5.88 Å². The lowest BCUT2D eigenvalue weighted by atomic mass is 10.2. The molecule has 0 saturated heterocycles. The number of anilines is 1. The Morgan fingerprint density at radius 2 is 2.07 bits per heavy atom. The number of hydrogen-bond acceptors (Lipinski definition) is 5. The molecule has 0 aliphatic carbocycles. The van der Waals surface area contributed by atoms with Gasteiger partial charge in [-0.15, -0.1) is 0 Å².